The molecule has 0 aromatic carbocycles. The molecule has 19 heteroatoms. The number of aliphatic hydroxyl groups excluding tert-OH is 1. The minimum absolute atomic E-state index is 0.0163. The minimum Gasteiger partial charge on any atom is -0.462 e. The van der Waals surface area contributed by atoms with Crippen molar-refractivity contribution in [3.63, 3.8) is 0 Å². The summed E-state index contributed by atoms with van der Waals surface area (Å²) in [6, 6.07) is 0. The molecule has 0 saturated heterocycles. The van der Waals surface area contributed by atoms with Crippen LogP contribution in [0.5, 0.6) is 0 Å². The Morgan fingerprint density at radius 3 is 0.759 bits per heavy atom. The van der Waals surface area contributed by atoms with Crippen LogP contribution in [0.25, 0.3) is 0 Å². The number of unbranched alkanes of at least 4 members (excludes halogenated alkanes) is 28. The molecule has 0 radical (unpaired) electrons. The molecule has 108 heavy (non-hydrogen) atoms. The topological polar surface area (TPSA) is 237 Å². The first-order chi connectivity index (χ1) is 52.7. The zero-order valence-electron chi connectivity index (χ0n) is 67.7. The van der Waals surface area contributed by atoms with E-state index in [-0.39, 0.29) is 25.7 Å². The maximum Gasteiger partial charge on any atom is 0.472 e. The summed E-state index contributed by atoms with van der Waals surface area (Å²) in [5, 5.41) is 10.7. The van der Waals surface area contributed by atoms with Crippen molar-refractivity contribution in [3.8, 4) is 0 Å². The molecule has 0 aliphatic heterocycles. The van der Waals surface area contributed by atoms with Crippen LogP contribution in [0, 0.1) is 0 Å². The van der Waals surface area contributed by atoms with E-state index in [9.17, 15) is 43.2 Å². The molecule has 3 N–H and O–H groups in total. The van der Waals surface area contributed by atoms with Crippen LogP contribution in [0.4, 0.5) is 0 Å². The van der Waals surface area contributed by atoms with Gasteiger partial charge in [0.15, 0.2) is 12.2 Å². The third kappa shape index (κ3) is 79.0. The Morgan fingerprint density at radius 1 is 0.269 bits per heavy atom. The minimum atomic E-state index is -5.02. The van der Waals surface area contributed by atoms with Gasteiger partial charge in [-0.3, -0.25) is 37.3 Å². The largest absolute Gasteiger partial charge is 0.472 e. The Balaban J connectivity index is 5.50. The van der Waals surface area contributed by atoms with E-state index in [0.29, 0.717) is 38.5 Å². The molecule has 0 heterocycles. The lowest BCUT2D eigenvalue weighted by Crippen LogP contribution is -2.30. The van der Waals surface area contributed by atoms with Crippen molar-refractivity contribution < 1.29 is 80.2 Å². The van der Waals surface area contributed by atoms with Gasteiger partial charge in [-0.25, -0.2) is 9.13 Å². The molecule has 5 atom stereocenters. The Labute approximate surface area is 656 Å². The number of phosphoric ester groups is 2. The highest BCUT2D eigenvalue weighted by atomic mass is 31.2. The Bertz CT molecular complexity index is 2610. The van der Waals surface area contributed by atoms with Crippen LogP contribution in [0.1, 0.15) is 336 Å². The number of allylic oxidation sites excluding steroid dienone is 24. The molecule has 0 aliphatic rings. The van der Waals surface area contributed by atoms with Crippen LogP contribution in [0.3, 0.4) is 0 Å². The van der Waals surface area contributed by atoms with Crippen LogP contribution in [0.15, 0.2) is 146 Å². The van der Waals surface area contributed by atoms with E-state index in [2.05, 4.69) is 137 Å². The molecular weight excluding hydrogens is 1400 g/mol. The first-order valence-corrected chi connectivity index (χ1v) is 45.1. The van der Waals surface area contributed by atoms with Crippen molar-refractivity contribution in [2.24, 2.45) is 0 Å². The SMILES string of the molecule is CC/C=C\C/C=C\C/C=C\C/C=C\C/C=C\C/C=C\CCC(=O)OCC(COP(=O)(O)OCC(O)COP(=O)(O)OCC(COC(=O)CCCCCCCCCCCCCCCCC)OC(=O)CCCCCCCCCCCCCCCCC)OC(=O)CC/C=C\C/C=C\C/C=C\C/C=C\C/C=C\C/C=C\CC. The van der Waals surface area contributed by atoms with E-state index in [1.807, 2.05) is 36.5 Å². The molecule has 0 amide bonds. The Morgan fingerprint density at radius 2 is 0.481 bits per heavy atom. The molecule has 0 saturated carbocycles. The molecular formula is C89H150O17P2. The van der Waals surface area contributed by atoms with Crippen molar-refractivity contribution in [2.75, 3.05) is 39.6 Å². The standard InChI is InChI=1S/C89H150O17P2/c1-5-9-13-17-21-25-29-33-37-39-41-43-47-50-54-58-62-66-70-74-87(92)100-80-85(106-89(94)76-72-68-64-60-56-52-48-44-42-40-38-34-30-26-22-18-14-10-6-2)82-104-108(97,98)102-78-83(90)77-101-107(95,96)103-81-84(105-88(93)75-71-67-63-59-55-51-46-36-32-28-24-20-16-12-8-4)79-99-86(91)73-69-65-61-57-53-49-45-35-31-27-23-19-15-11-7-3/h9-10,13-14,21-22,25-26,33-34,37-38,41-44,50,52,54,56,62,64,66,68,83-85,90H,5-8,11-12,15-20,23-24,27-32,35-36,39-40,45-49,51,53,55,57-61,63,65,67,69-82H2,1-4H3,(H,95,96)(H,97,98)/b13-9-,14-10-,25-21-,26-22-,37-33-,38-34-,43-41-,44-42-,54-50-,56-52-,66-62-,68-64-. The summed E-state index contributed by atoms with van der Waals surface area (Å²) in [5.41, 5.74) is 0. The molecule has 0 aliphatic carbocycles. The van der Waals surface area contributed by atoms with Gasteiger partial charge >= 0.3 is 39.5 Å². The average Bonchev–Trinajstić information content (AvgIpc) is 0.896. The van der Waals surface area contributed by atoms with Gasteiger partial charge in [-0.05, 0) is 103 Å². The van der Waals surface area contributed by atoms with E-state index in [1.165, 1.54) is 135 Å². The molecule has 0 rings (SSSR count). The van der Waals surface area contributed by atoms with Gasteiger partial charge in [-0.15, -0.1) is 0 Å². The predicted octanol–water partition coefficient (Wildman–Crippen LogP) is 25.0. The van der Waals surface area contributed by atoms with E-state index >= 15 is 0 Å². The zero-order valence-corrected chi connectivity index (χ0v) is 69.5. The van der Waals surface area contributed by atoms with Crippen LogP contribution in [-0.2, 0) is 65.4 Å². The van der Waals surface area contributed by atoms with Crippen LogP contribution < -0.4 is 0 Å². The average molecular weight is 1550 g/mol. The van der Waals surface area contributed by atoms with Crippen molar-refractivity contribution in [2.45, 2.75) is 354 Å². The van der Waals surface area contributed by atoms with Gasteiger partial charge in [-0.1, -0.05) is 353 Å². The van der Waals surface area contributed by atoms with Gasteiger partial charge in [0, 0.05) is 25.7 Å². The number of rotatable bonds is 78. The second kappa shape index (κ2) is 80.0. The maximum absolute atomic E-state index is 13.1. The van der Waals surface area contributed by atoms with Gasteiger partial charge in [0.25, 0.3) is 0 Å². The van der Waals surface area contributed by atoms with Gasteiger partial charge in [-0.2, -0.15) is 0 Å². The summed E-state index contributed by atoms with van der Waals surface area (Å²) < 4.78 is 68.6. The smallest absolute Gasteiger partial charge is 0.462 e. The molecule has 618 valence electrons. The Hall–Kier alpha value is -5.06. The Kier molecular flexibility index (Phi) is 76.3. The number of hydrogen-bond acceptors (Lipinski definition) is 15. The molecule has 0 aromatic heterocycles. The number of carbonyl (C=O) groups excluding carboxylic acids is 4. The normalized spacial score (nSPS) is 14.5. The second-order valence-corrected chi connectivity index (χ2v) is 30.6. The van der Waals surface area contributed by atoms with Crippen LogP contribution in [0.2, 0.25) is 0 Å². The fourth-order valence-electron chi connectivity index (χ4n) is 11.0. The third-order valence-corrected chi connectivity index (χ3v) is 19.3. The highest BCUT2D eigenvalue weighted by Crippen LogP contribution is 2.45. The number of ether oxygens (including phenoxy) is 4. The third-order valence-electron chi connectivity index (χ3n) is 17.4. The summed E-state index contributed by atoms with van der Waals surface area (Å²) in [7, 11) is -10.0. The summed E-state index contributed by atoms with van der Waals surface area (Å²) in [4.78, 5) is 73.1. The predicted molar refractivity (Wildman–Crippen MR) is 445 cm³/mol. The lowest BCUT2D eigenvalue weighted by Gasteiger charge is -2.21. The van der Waals surface area contributed by atoms with Gasteiger partial charge < -0.3 is 33.8 Å². The highest BCUT2D eigenvalue weighted by molar-refractivity contribution is 7.47. The van der Waals surface area contributed by atoms with E-state index in [4.69, 9.17) is 37.0 Å². The molecule has 0 fully saturated rings. The summed E-state index contributed by atoms with van der Waals surface area (Å²) in [6.45, 7) is 4.52. The monoisotopic (exact) mass is 1550 g/mol. The number of aliphatic hydroxyl groups is 1. The van der Waals surface area contributed by atoms with Gasteiger partial charge in [0.05, 0.1) is 26.4 Å². The molecule has 17 nitrogen and oxygen atoms in total. The summed E-state index contributed by atoms with van der Waals surface area (Å²) >= 11 is 0. The molecule has 5 unspecified atom stereocenters. The fraction of sp³-hybridized carbons (Fsp3) is 0.685. The van der Waals surface area contributed by atoms with Gasteiger partial charge in [0.1, 0.15) is 19.3 Å². The highest BCUT2D eigenvalue weighted by Gasteiger charge is 2.30. The lowest BCUT2D eigenvalue weighted by atomic mass is 10.0. The second-order valence-electron chi connectivity index (χ2n) is 27.7. The van der Waals surface area contributed by atoms with E-state index in [1.54, 1.807) is 0 Å². The van der Waals surface area contributed by atoms with Crippen LogP contribution in [-0.4, -0.2) is 96.7 Å². The van der Waals surface area contributed by atoms with E-state index in [0.717, 1.165) is 109 Å². The van der Waals surface area contributed by atoms with Crippen molar-refractivity contribution in [3.05, 3.63) is 146 Å². The summed E-state index contributed by atoms with van der Waals surface area (Å²) in [6.07, 6.45) is 92.8. The van der Waals surface area contributed by atoms with Crippen molar-refractivity contribution in [1.29, 1.82) is 0 Å². The number of phosphoric acid groups is 2. The molecule has 0 spiro atoms. The number of hydrogen-bond donors (Lipinski definition) is 3. The zero-order chi connectivity index (χ0) is 78.9. The molecule has 0 aromatic rings. The number of carbonyl (C=O) groups is 4. The van der Waals surface area contributed by atoms with Gasteiger partial charge in [0.2, 0.25) is 0 Å². The number of esters is 4. The molecule has 0 bridgehead atoms. The summed E-state index contributed by atoms with van der Waals surface area (Å²) in [5.74, 6) is -2.36. The maximum atomic E-state index is 13.1. The fourth-order valence-corrected chi connectivity index (χ4v) is 12.6. The van der Waals surface area contributed by atoms with Crippen LogP contribution >= 0.6 is 15.6 Å². The first-order valence-electron chi connectivity index (χ1n) is 42.1. The van der Waals surface area contributed by atoms with Crippen molar-refractivity contribution >= 4 is 39.5 Å². The lowest BCUT2D eigenvalue weighted by molar-refractivity contribution is -0.161. The van der Waals surface area contributed by atoms with E-state index < -0.39 is 97.5 Å². The van der Waals surface area contributed by atoms with Crippen molar-refractivity contribution in [1.82, 2.24) is 0 Å². The quantitative estimate of drug-likeness (QED) is 0.0169. The first kappa shape index (κ1) is 103.